The highest BCUT2D eigenvalue weighted by atomic mass is 19.1. The lowest BCUT2D eigenvalue weighted by molar-refractivity contribution is 0.00892. The molecular weight excluding hydrogens is 380 g/mol. The smallest absolute Gasteiger partial charge is 0.126 e. The van der Waals surface area contributed by atoms with Gasteiger partial charge in [0.1, 0.15) is 47.5 Å². The van der Waals surface area contributed by atoms with E-state index in [0.717, 1.165) is 0 Å². The first kappa shape index (κ1) is 15.6. The van der Waals surface area contributed by atoms with E-state index in [1.54, 1.807) is 0 Å². The number of aliphatic hydroxyl groups is 2. The van der Waals surface area contributed by atoms with Crippen LogP contribution in [-0.4, -0.2) is 47.6 Å². The molecule has 29 heavy (non-hydrogen) atoms. The molecule has 5 nitrogen and oxygen atoms in total. The van der Waals surface area contributed by atoms with Gasteiger partial charge in [0.2, 0.25) is 0 Å². The first-order valence-electron chi connectivity index (χ1n) is 11.5. The van der Waals surface area contributed by atoms with E-state index in [-0.39, 0.29) is 12.8 Å². The van der Waals surface area contributed by atoms with Crippen LogP contribution in [0.15, 0.2) is 36.4 Å². The van der Waals surface area contributed by atoms with Crippen LogP contribution in [0.3, 0.4) is 0 Å². The molecule has 2 aromatic carbocycles. The molecule has 0 aliphatic carbocycles. The molecule has 0 spiro atoms. The maximum atomic E-state index is 13.4. The van der Waals surface area contributed by atoms with Crippen LogP contribution < -0.4 is 14.8 Å². The summed E-state index contributed by atoms with van der Waals surface area (Å²) < 4.78 is 70.9. The Kier molecular flexibility index (Phi) is 4.65. The van der Waals surface area contributed by atoms with Gasteiger partial charge >= 0.3 is 0 Å². The molecule has 4 atom stereocenters. The zero-order valence-corrected chi connectivity index (χ0v) is 15.6. The predicted octanol–water partition coefficient (Wildman–Crippen LogP) is 2.36. The molecular formula is C22H25F2NO4. The van der Waals surface area contributed by atoms with E-state index in [9.17, 15) is 19.0 Å². The summed E-state index contributed by atoms with van der Waals surface area (Å²) in [6.45, 7) is -5.36. The number of hydrogen-bond acceptors (Lipinski definition) is 5. The fourth-order valence-electron chi connectivity index (χ4n) is 3.58. The molecule has 0 unspecified atom stereocenters. The Morgan fingerprint density at radius 3 is 1.79 bits per heavy atom. The lowest BCUT2D eigenvalue weighted by atomic mass is 9.98. The van der Waals surface area contributed by atoms with Gasteiger partial charge < -0.3 is 25.0 Å². The summed E-state index contributed by atoms with van der Waals surface area (Å²) in [5, 5.41) is 23.4. The number of hydrogen-bond donors (Lipinski definition) is 3. The number of halogens is 2. The first-order chi connectivity index (χ1) is 15.5. The van der Waals surface area contributed by atoms with Crippen LogP contribution in [-0.2, 0) is 12.8 Å². The van der Waals surface area contributed by atoms with Crippen molar-refractivity contribution in [2.24, 2.45) is 0 Å². The van der Waals surface area contributed by atoms with Crippen molar-refractivity contribution in [1.29, 1.82) is 0 Å². The second-order valence-electron chi connectivity index (χ2n) is 7.20. The third kappa shape index (κ3) is 4.69. The second-order valence-corrected chi connectivity index (χ2v) is 7.20. The Hall–Kier alpha value is -2.22. The zero-order valence-electron chi connectivity index (χ0n) is 19.6. The van der Waals surface area contributed by atoms with E-state index < -0.39 is 49.0 Å². The molecule has 2 heterocycles. The molecule has 2 aliphatic heterocycles. The molecule has 4 rings (SSSR count). The van der Waals surface area contributed by atoms with Gasteiger partial charge in [0.15, 0.2) is 0 Å². The van der Waals surface area contributed by atoms with Crippen molar-refractivity contribution >= 4 is 0 Å². The number of nitrogens with one attached hydrogen (secondary N) is 1. The third-order valence-corrected chi connectivity index (χ3v) is 5.14. The van der Waals surface area contributed by atoms with E-state index in [4.69, 9.17) is 15.0 Å². The minimum absolute atomic E-state index is 0.198. The van der Waals surface area contributed by atoms with Crippen molar-refractivity contribution < 1.29 is 34.0 Å². The molecule has 156 valence electrons. The summed E-state index contributed by atoms with van der Waals surface area (Å²) >= 11 is 0. The number of ether oxygens (including phenoxy) is 2. The highest BCUT2D eigenvalue weighted by Gasteiger charge is 2.29. The van der Waals surface area contributed by atoms with Crippen molar-refractivity contribution in [3.05, 3.63) is 59.2 Å². The van der Waals surface area contributed by atoms with Crippen LogP contribution in [0, 0.1) is 11.6 Å². The molecule has 2 aliphatic rings. The van der Waals surface area contributed by atoms with Gasteiger partial charge in [0.25, 0.3) is 0 Å². The lowest BCUT2D eigenvalue weighted by Crippen LogP contribution is -2.46. The second kappa shape index (κ2) is 8.65. The summed E-state index contributed by atoms with van der Waals surface area (Å²) in [6, 6.07) is 7.84. The topological polar surface area (TPSA) is 71.0 Å². The summed E-state index contributed by atoms with van der Waals surface area (Å²) in [7, 11) is 0. The molecule has 0 amide bonds. The standard InChI is InChI=1S/C22H25F2NO4/c23-15-3-7-19-13(9-15)1-5-21(28-19)17(26)11-25-12-18(27)22-6-2-14-10-16(24)4-8-20(14)29-22/h3-4,7-10,17-18,21-22,25-27H,1-2,5-6,11-12H2/t17-,18-,21-,22+/m1/s1/i11D2,12D2. The summed E-state index contributed by atoms with van der Waals surface area (Å²) in [5.41, 5.74) is 1.21. The van der Waals surface area contributed by atoms with Crippen LogP contribution >= 0.6 is 0 Å². The van der Waals surface area contributed by atoms with E-state index in [1.165, 1.54) is 36.4 Å². The highest BCUT2D eigenvalue weighted by molar-refractivity contribution is 5.36. The number of benzene rings is 2. The normalized spacial score (nSPS) is 25.7. The van der Waals surface area contributed by atoms with Crippen molar-refractivity contribution in [2.75, 3.05) is 13.0 Å². The van der Waals surface area contributed by atoms with Gasteiger partial charge in [-0.1, -0.05) is 0 Å². The fourth-order valence-corrected chi connectivity index (χ4v) is 3.58. The van der Waals surface area contributed by atoms with Gasteiger partial charge in [-0.2, -0.15) is 0 Å². The van der Waals surface area contributed by atoms with Crippen molar-refractivity contribution in [3.63, 3.8) is 0 Å². The van der Waals surface area contributed by atoms with Gasteiger partial charge in [0.05, 0.1) is 0 Å². The van der Waals surface area contributed by atoms with Crippen LogP contribution in [0.1, 0.15) is 29.5 Å². The first-order valence-corrected chi connectivity index (χ1v) is 9.52. The van der Waals surface area contributed by atoms with Gasteiger partial charge in [-0.05, 0) is 73.2 Å². The van der Waals surface area contributed by atoms with E-state index in [2.05, 4.69) is 5.32 Å². The monoisotopic (exact) mass is 409 g/mol. The van der Waals surface area contributed by atoms with Gasteiger partial charge in [0, 0.05) is 18.5 Å². The number of fused-ring (bicyclic) bond motifs is 2. The summed E-state index contributed by atoms with van der Waals surface area (Å²) in [5.74, 6) is -0.186. The molecule has 2 aromatic rings. The molecule has 0 radical (unpaired) electrons. The van der Waals surface area contributed by atoms with Crippen LogP contribution in [0.2, 0.25) is 0 Å². The molecule has 3 N–H and O–H groups in total. The van der Waals surface area contributed by atoms with Gasteiger partial charge in [-0.25, -0.2) is 8.78 Å². The SMILES string of the molecule is [2H]C([2H])(NC([2H])([2H])[C@@H](O)[C@H]1CCc2cc(F)ccc2O1)[C@@H](O)[C@@H]1CCc2cc(F)ccc2O1. The summed E-state index contributed by atoms with van der Waals surface area (Å²) in [4.78, 5) is 0. The number of rotatable bonds is 6. The Balaban J connectivity index is 1.43. The zero-order chi connectivity index (χ0) is 24.0. The lowest BCUT2D eigenvalue weighted by Gasteiger charge is -2.31. The Labute approximate surface area is 173 Å². The third-order valence-electron chi connectivity index (χ3n) is 5.14. The van der Waals surface area contributed by atoms with E-state index >= 15 is 0 Å². The summed E-state index contributed by atoms with van der Waals surface area (Å²) in [6.07, 6.45) is -4.47. The quantitative estimate of drug-likeness (QED) is 0.683. The maximum absolute atomic E-state index is 13.4. The largest absolute Gasteiger partial charge is 0.487 e. The maximum Gasteiger partial charge on any atom is 0.126 e. The number of aryl methyl sites for hydroxylation is 2. The van der Waals surface area contributed by atoms with Crippen LogP contribution in [0.4, 0.5) is 8.78 Å². The predicted molar refractivity (Wildman–Crippen MR) is 103 cm³/mol. The van der Waals surface area contributed by atoms with Gasteiger partial charge in [-0.3, -0.25) is 0 Å². The molecule has 0 fully saturated rings. The van der Waals surface area contributed by atoms with Crippen molar-refractivity contribution in [2.45, 2.75) is 50.1 Å². The molecule has 0 saturated carbocycles. The van der Waals surface area contributed by atoms with Gasteiger partial charge in [-0.15, -0.1) is 0 Å². The number of aliphatic hydroxyl groups excluding tert-OH is 2. The minimum atomic E-state index is -2.68. The fraction of sp³-hybridized carbons (Fsp3) is 0.455. The van der Waals surface area contributed by atoms with E-state index in [1.807, 2.05) is 0 Å². The Morgan fingerprint density at radius 2 is 1.34 bits per heavy atom. The minimum Gasteiger partial charge on any atom is -0.487 e. The molecule has 7 heteroatoms. The van der Waals surface area contributed by atoms with E-state index in [0.29, 0.717) is 35.5 Å². The molecule has 0 aromatic heterocycles. The Bertz CT molecular complexity index is 946. The van der Waals surface area contributed by atoms with Crippen LogP contribution in [0.5, 0.6) is 11.5 Å². The molecule has 0 bridgehead atoms. The van der Waals surface area contributed by atoms with Crippen molar-refractivity contribution in [1.82, 2.24) is 5.32 Å². The Morgan fingerprint density at radius 1 is 0.897 bits per heavy atom. The molecule has 0 saturated heterocycles. The van der Waals surface area contributed by atoms with Crippen LogP contribution in [0.25, 0.3) is 0 Å². The highest BCUT2D eigenvalue weighted by Crippen LogP contribution is 2.30. The average molecular weight is 409 g/mol. The average Bonchev–Trinajstić information content (AvgIpc) is 2.76. The van der Waals surface area contributed by atoms with Crippen molar-refractivity contribution in [3.8, 4) is 11.5 Å².